The Labute approximate surface area is 116 Å². The van der Waals surface area contributed by atoms with Crippen molar-refractivity contribution in [2.75, 3.05) is 0 Å². The fourth-order valence-corrected chi connectivity index (χ4v) is 1.79. The van der Waals surface area contributed by atoms with E-state index in [9.17, 15) is 9.90 Å². The van der Waals surface area contributed by atoms with Gasteiger partial charge < -0.3 is 20.7 Å². The number of benzene rings is 1. The van der Waals surface area contributed by atoms with Crippen molar-refractivity contribution in [1.82, 2.24) is 10.5 Å². The number of nitrogens with one attached hydrogen (secondary N) is 1. The molecule has 0 aliphatic rings. The fraction of sp³-hybridized carbons (Fsp3) is 0.286. The van der Waals surface area contributed by atoms with E-state index in [-0.39, 0.29) is 11.7 Å². The van der Waals surface area contributed by atoms with Gasteiger partial charge in [-0.15, -0.1) is 0 Å². The molecule has 1 aromatic carbocycles. The summed E-state index contributed by atoms with van der Waals surface area (Å²) >= 11 is 0. The van der Waals surface area contributed by atoms with Crippen LogP contribution in [0.4, 0.5) is 0 Å². The number of aryl methyl sites for hydroxylation is 1. The predicted octanol–water partition coefficient (Wildman–Crippen LogP) is 0.875. The summed E-state index contributed by atoms with van der Waals surface area (Å²) in [5.74, 6) is 0.634. The molecule has 0 unspecified atom stereocenters. The maximum atomic E-state index is 11.9. The first kappa shape index (κ1) is 14.1. The number of nitrogens with zero attached hydrogens (tertiary/aromatic N) is 1. The van der Waals surface area contributed by atoms with E-state index in [2.05, 4.69) is 10.5 Å². The normalized spacial score (nSPS) is 12.1. The molecule has 1 aromatic heterocycles. The van der Waals surface area contributed by atoms with E-state index in [1.807, 2.05) is 0 Å². The Hall–Kier alpha value is -2.34. The quantitative estimate of drug-likeness (QED) is 0.751. The summed E-state index contributed by atoms with van der Waals surface area (Å²) in [6.07, 6.45) is 0.407. The number of hydrogen-bond donors (Lipinski definition) is 3. The van der Waals surface area contributed by atoms with Crippen molar-refractivity contribution in [2.24, 2.45) is 5.73 Å². The smallest absolute Gasteiger partial charge is 0.237 e. The molecular weight excluding hydrogens is 258 g/mol. The summed E-state index contributed by atoms with van der Waals surface area (Å²) in [4.78, 5) is 11.9. The molecule has 0 radical (unpaired) electrons. The van der Waals surface area contributed by atoms with E-state index < -0.39 is 6.04 Å². The van der Waals surface area contributed by atoms with E-state index in [1.54, 1.807) is 37.3 Å². The second-order valence-corrected chi connectivity index (χ2v) is 4.62. The van der Waals surface area contributed by atoms with Crippen LogP contribution in [0.15, 0.2) is 34.9 Å². The van der Waals surface area contributed by atoms with Crippen molar-refractivity contribution >= 4 is 5.91 Å². The van der Waals surface area contributed by atoms with Crippen LogP contribution in [-0.4, -0.2) is 22.2 Å². The predicted molar refractivity (Wildman–Crippen MR) is 72.9 cm³/mol. The van der Waals surface area contributed by atoms with Crippen molar-refractivity contribution < 1.29 is 14.4 Å². The third kappa shape index (κ3) is 3.83. The minimum atomic E-state index is -0.646. The van der Waals surface area contributed by atoms with Crippen LogP contribution in [0.25, 0.3) is 0 Å². The number of aromatic nitrogens is 1. The Morgan fingerprint density at radius 3 is 2.75 bits per heavy atom. The largest absolute Gasteiger partial charge is 0.508 e. The number of phenols is 1. The van der Waals surface area contributed by atoms with Crippen LogP contribution in [0.3, 0.4) is 0 Å². The Morgan fingerprint density at radius 1 is 1.45 bits per heavy atom. The maximum absolute atomic E-state index is 11.9. The molecule has 1 atom stereocenters. The molecule has 20 heavy (non-hydrogen) atoms. The molecule has 6 heteroatoms. The monoisotopic (exact) mass is 275 g/mol. The van der Waals surface area contributed by atoms with Gasteiger partial charge in [-0.05, 0) is 31.0 Å². The van der Waals surface area contributed by atoms with Gasteiger partial charge in [-0.1, -0.05) is 17.3 Å². The lowest BCUT2D eigenvalue weighted by molar-refractivity contribution is -0.122. The highest BCUT2D eigenvalue weighted by atomic mass is 16.5. The second kappa shape index (κ2) is 6.21. The SMILES string of the molecule is Cc1cc(CNC(=O)[C@H](N)Cc2ccc(O)cc2)no1. The van der Waals surface area contributed by atoms with Crippen molar-refractivity contribution in [1.29, 1.82) is 0 Å². The van der Waals surface area contributed by atoms with Crippen molar-refractivity contribution in [3.63, 3.8) is 0 Å². The highest BCUT2D eigenvalue weighted by Gasteiger charge is 2.14. The zero-order chi connectivity index (χ0) is 14.5. The van der Waals surface area contributed by atoms with Gasteiger partial charge in [-0.3, -0.25) is 4.79 Å². The van der Waals surface area contributed by atoms with Crippen LogP contribution in [0.1, 0.15) is 17.0 Å². The first-order valence-corrected chi connectivity index (χ1v) is 6.28. The first-order valence-electron chi connectivity index (χ1n) is 6.28. The van der Waals surface area contributed by atoms with Crippen molar-refractivity contribution in [3.8, 4) is 5.75 Å². The molecule has 0 bridgehead atoms. The van der Waals surface area contributed by atoms with Crippen LogP contribution in [-0.2, 0) is 17.8 Å². The molecule has 0 saturated carbocycles. The average Bonchev–Trinajstić information content (AvgIpc) is 2.84. The van der Waals surface area contributed by atoms with Gasteiger partial charge in [0.1, 0.15) is 17.2 Å². The molecule has 0 spiro atoms. The lowest BCUT2D eigenvalue weighted by atomic mass is 10.1. The number of phenolic OH excluding ortho intramolecular Hbond substituents is 1. The van der Waals surface area contributed by atoms with Crippen LogP contribution < -0.4 is 11.1 Å². The summed E-state index contributed by atoms with van der Waals surface area (Å²) in [6, 6.07) is 7.72. The molecule has 0 saturated heterocycles. The van der Waals surface area contributed by atoms with Gasteiger partial charge >= 0.3 is 0 Å². The van der Waals surface area contributed by atoms with Gasteiger partial charge in [0.25, 0.3) is 0 Å². The van der Waals surface area contributed by atoms with Gasteiger partial charge in [0.05, 0.1) is 12.6 Å². The number of carbonyl (C=O) groups excluding carboxylic acids is 1. The summed E-state index contributed by atoms with van der Waals surface area (Å²) in [5.41, 5.74) is 7.39. The Kier molecular flexibility index (Phi) is 4.37. The topological polar surface area (TPSA) is 101 Å². The van der Waals surface area contributed by atoms with Gasteiger partial charge in [0.15, 0.2) is 0 Å². The molecule has 106 valence electrons. The number of carbonyl (C=O) groups is 1. The number of rotatable bonds is 5. The van der Waals surface area contributed by atoms with E-state index in [0.29, 0.717) is 24.4 Å². The molecule has 2 aromatic rings. The van der Waals surface area contributed by atoms with Gasteiger partial charge in [-0.25, -0.2) is 0 Å². The third-order valence-electron chi connectivity index (χ3n) is 2.85. The zero-order valence-electron chi connectivity index (χ0n) is 11.2. The fourth-order valence-electron chi connectivity index (χ4n) is 1.79. The van der Waals surface area contributed by atoms with E-state index >= 15 is 0 Å². The lowest BCUT2D eigenvalue weighted by Gasteiger charge is -2.11. The Bertz CT molecular complexity index is 578. The molecule has 0 aliphatic carbocycles. The summed E-state index contributed by atoms with van der Waals surface area (Å²) in [5, 5.41) is 15.7. The van der Waals surface area contributed by atoms with E-state index in [4.69, 9.17) is 10.3 Å². The third-order valence-corrected chi connectivity index (χ3v) is 2.85. The van der Waals surface area contributed by atoms with Crippen molar-refractivity contribution in [3.05, 3.63) is 47.3 Å². The van der Waals surface area contributed by atoms with Gasteiger partial charge in [0.2, 0.25) is 5.91 Å². The maximum Gasteiger partial charge on any atom is 0.237 e. The molecule has 1 heterocycles. The standard InChI is InChI=1S/C14H17N3O3/c1-9-6-11(17-20-9)8-16-14(19)13(15)7-10-2-4-12(18)5-3-10/h2-6,13,18H,7-8,15H2,1H3,(H,16,19)/t13-/m1/s1. The molecule has 0 aliphatic heterocycles. The molecule has 2 rings (SSSR count). The molecule has 1 amide bonds. The second-order valence-electron chi connectivity index (χ2n) is 4.62. The van der Waals surface area contributed by atoms with Crippen LogP contribution in [0.5, 0.6) is 5.75 Å². The first-order chi connectivity index (χ1) is 9.54. The summed E-state index contributed by atoms with van der Waals surface area (Å²) in [7, 11) is 0. The number of hydrogen-bond acceptors (Lipinski definition) is 5. The Morgan fingerprint density at radius 2 is 2.15 bits per heavy atom. The molecule has 0 fully saturated rings. The zero-order valence-corrected chi connectivity index (χ0v) is 11.2. The molecular formula is C14H17N3O3. The minimum absolute atomic E-state index is 0.188. The van der Waals surface area contributed by atoms with E-state index in [0.717, 1.165) is 5.56 Å². The molecule has 6 nitrogen and oxygen atoms in total. The van der Waals surface area contributed by atoms with Crippen LogP contribution in [0.2, 0.25) is 0 Å². The van der Waals surface area contributed by atoms with Crippen LogP contribution >= 0.6 is 0 Å². The average molecular weight is 275 g/mol. The van der Waals surface area contributed by atoms with E-state index in [1.165, 1.54) is 0 Å². The van der Waals surface area contributed by atoms with Crippen molar-refractivity contribution in [2.45, 2.75) is 25.9 Å². The number of amides is 1. The summed E-state index contributed by atoms with van der Waals surface area (Å²) in [6.45, 7) is 2.08. The minimum Gasteiger partial charge on any atom is -0.508 e. The number of aromatic hydroxyl groups is 1. The number of nitrogens with two attached hydrogens (primary N) is 1. The molecule has 4 N–H and O–H groups in total. The van der Waals surface area contributed by atoms with Gasteiger partial charge in [-0.2, -0.15) is 0 Å². The van der Waals surface area contributed by atoms with Crippen LogP contribution in [0, 0.1) is 6.92 Å². The Balaban J connectivity index is 1.84. The lowest BCUT2D eigenvalue weighted by Crippen LogP contribution is -2.41. The summed E-state index contributed by atoms with van der Waals surface area (Å²) < 4.78 is 4.91. The highest BCUT2D eigenvalue weighted by molar-refractivity contribution is 5.81. The van der Waals surface area contributed by atoms with Gasteiger partial charge in [0, 0.05) is 6.07 Å². The highest BCUT2D eigenvalue weighted by Crippen LogP contribution is 2.11.